The van der Waals surface area contributed by atoms with E-state index in [1.165, 1.54) is 51.7 Å². The Morgan fingerprint density at radius 2 is 1.62 bits per heavy atom. The highest BCUT2D eigenvalue weighted by molar-refractivity contribution is 6.09. The zero-order chi connectivity index (χ0) is 27.9. The monoisotopic (exact) mass is 536 g/mol. The number of methoxy groups -OCH3 is 4. The number of esters is 1. The lowest BCUT2D eigenvalue weighted by Crippen LogP contribution is -2.46. The van der Waals surface area contributed by atoms with Gasteiger partial charge in [0, 0.05) is 11.7 Å². The molecule has 39 heavy (non-hydrogen) atoms. The van der Waals surface area contributed by atoms with Gasteiger partial charge in [0.25, 0.3) is 5.91 Å². The van der Waals surface area contributed by atoms with Crippen molar-refractivity contribution in [2.24, 2.45) is 0 Å². The first-order valence-corrected chi connectivity index (χ1v) is 12.6. The molecule has 1 fully saturated rings. The van der Waals surface area contributed by atoms with Gasteiger partial charge in [0.1, 0.15) is 6.04 Å². The minimum absolute atomic E-state index is 0.0181. The number of ether oxygens (including phenoxy) is 4. The minimum Gasteiger partial charge on any atom is -0.493 e. The lowest BCUT2D eigenvalue weighted by Gasteiger charge is -2.32. The number of anilines is 1. The number of carbonyl (C=O) groups is 3. The topological polar surface area (TPSA) is 117 Å². The van der Waals surface area contributed by atoms with Crippen LogP contribution in [0.25, 0.3) is 0 Å². The Labute approximate surface area is 226 Å². The highest BCUT2D eigenvalue weighted by atomic mass is 16.5. The van der Waals surface area contributed by atoms with Crippen LogP contribution in [-0.2, 0) is 9.53 Å². The number of furan rings is 1. The van der Waals surface area contributed by atoms with Crippen molar-refractivity contribution in [3.63, 3.8) is 0 Å². The van der Waals surface area contributed by atoms with Gasteiger partial charge in [-0.2, -0.15) is 0 Å². The summed E-state index contributed by atoms with van der Waals surface area (Å²) in [5.74, 6) is -0.567. The Hall–Kier alpha value is -4.47. The molecule has 0 unspecified atom stereocenters. The fourth-order valence-electron chi connectivity index (χ4n) is 4.83. The second kappa shape index (κ2) is 12.4. The van der Waals surface area contributed by atoms with Gasteiger partial charge in [-0.25, -0.2) is 4.79 Å². The number of amides is 2. The van der Waals surface area contributed by atoms with Crippen molar-refractivity contribution in [1.82, 2.24) is 5.32 Å². The molecule has 4 rings (SSSR count). The fourth-order valence-corrected chi connectivity index (χ4v) is 4.83. The predicted molar refractivity (Wildman–Crippen MR) is 143 cm³/mol. The maximum absolute atomic E-state index is 14.1. The van der Waals surface area contributed by atoms with Gasteiger partial charge in [-0.1, -0.05) is 18.9 Å². The van der Waals surface area contributed by atoms with Crippen molar-refractivity contribution in [1.29, 1.82) is 0 Å². The summed E-state index contributed by atoms with van der Waals surface area (Å²) in [4.78, 5) is 41.7. The molecule has 2 amide bonds. The third kappa shape index (κ3) is 5.84. The first-order valence-electron chi connectivity index (χ1n) is 12.6. The van der Waals surface area contributed by atoms with E-state index in [1.807, 2.05) is 0 Å². The molecule has 3 aromatic rings. The summed E-state index contributed by atoms with van der Waals surface area (Å²) in [5.41, 5.74) is 0.912. The Morgan fingerprint density at radius 3 is 2.18 bits per heavy atom. The second-order valence-corrected chi connectivity index (χ2v) is 9.05. The van der Waals surface area contributed by atoms with E-state index >= 15 is 0 Å². The summed E-state index contributed by atoms with van der Waals surface area (Å²) in [7, 11) is 5.70. The molecule has 1 aliphatic rings. The third-order valence-corrected chi connectivity index (χ3v) is 6.71. The van der Waals surface area contributed by atoms with E-state index in [4.69, 9.17) is 23.4 Å². The SMILES string of the molecule is COC(=O)c1cccc(N(C(=O)c2ccco2)[C@H](C(=O)NC2CCCC2)c2cc(OC)c(OC)c(OC)c2)c1. The van der Waals surface area contributed by atoms with Crippen molar-refractivity contribution in [2.45, 2.75) is 37.8 Å². The average Bonchev–Trinajstić information content (AvgIpc) is 3.69. The van der Waals surface area contributed by atoms with E-state index < -0.39 is 23.8 Å². The van der Waals surface area contributed by atoms with Gasteiger partial charge in [-0.3, -0.25) is 14.5 Å². The summed E-state index contributed by atoms with van der Waals surface area (Å²) in [6.45, 7) is 0. The van der Waals surface area contributed by atoms with Crippen molar-refractivity contribution in [3.8, 4) is 17.2 Å². The van der Waals surface area contributed by atoms with Crippen LogP contribution < -0.4 is 24.4 Å². The first-order chi connectivity index (χ1) is 18.9. The van der Waals surface area contributed by atoms with Gasteiger partial charge >= 0.3 is 5.97 Å². The Balaban J connectivity index is 1.93. The quantitative estimate of drug-likeness (QED) is 0.376. The zero-order valence-corrected chi connectivity index (χ0v) is 22.4. The van der Waals surface area contributed by atoms with Gasteiger partial charge in [0.15, 0.2) is 17.3 Å². The minimum atomic E-state index is -1.19. The number of hydrogen-bond acceptors (Lipinski definition) is 8. The highest BCUT2D eigenvalue weighted by Crippen LogP contribution is 2.42. The molecule has 0 aliphatic heterocycles. The van der Waals surface area contributed by atoms with Crippen LogP contribution in [0.15, 0.2) is 59.2 Å². The number of benzene rings is 2. The van der Waals surface area contributed by atoms with E-state index in [0.717, 1.165) is 25.7 Å². The van der Waals surface area contributed by atoms with Gasteiger partial charge in [0.05, 0.1) is 40.3 Å². The summed E-state index contributed by atoms with van der Waals surface area (Å²) in [5, 5.41) is 3.11. The van der Waals surface area contributed by atoms with Gasteiger partial charge in [-0.05, 0) is 60.9 Å². The van der Waals surface area contributed by atoms with E-state index in [0.29, 0.717) is 28.5 Å². The predicted octanol–water partition coefficient (Wildman–Crippen LogP) is 4.54. The smallest absolute Gasteiger partial charge is 0.337 e. The van der Waals surface area contributed by atoms with Gasteiger partial charge in [0.2, 0.25) is 11.7 Å². The second-order valence-electron chi connectivity index (χ2n) is 9.05. The van der Waals surface area contributed by atoms with Crippen molar-refractivity contribution >= 4 is 23.5 Å². The Kier molecular flexibility index (Phi) is 8.75. The molecule has 10 heteroatoms. The fraction of sp³-hybridized carbons (Fsp3) is 0.345. The van der Waals surface area contributed by atoms with E-state index in [-0.39, 0.29) is 17.4 Å². The van der Waals surface area contributed by atoms with Crippen LogP contribution in [0.1, 0.15) is 58.2 Å². The van der Waals surface area contributed by atoms with Gasteiger partial charge < -0.3 is 28.7 Å². The van der Waals surface area contributed by atoms with E-state index in [2.05, 4.69) is 5.32 Å². The van der Waals surface area contributed by atoms with E-state index in [1.54, 1.807) is 36.4 Å². The van der Waals surface area contributed by atoms with E-state index in [9.17, 15) is 14.4 Å². The lowest BCUT2D eigenvalue weighted by atomic mass is 10.00. The van der Waals surface area contributed by atoms with Crippen molar-refractivity contribution in [2.75, 3.05) is 33.3 Å². The number of hydrogen-bond donors (Lipinski definition) is 1. The third-order valence-electron chi connectivity index (χ3n) is 6.71. The van der Waals surface area contributed by atoms with Crippen molar-refractivity contribution < 1.29 is 37.7 Å². The van der Waals surface area contributed by atoms with Crippen LogP contribution >= 0.6 is 0 Å². The molecule has 1 atom stereocenters. The van der Waals surface area contributed by atoms with Crippen LogP contribution in [0.4, 0.5) is 5.69 Å². The molecule has 1 N–H and O–H groups in total. The highest BCUT2D eigenvalue weighted by Gasteiger charge is 2.37. The first kappa shape index (κ1) is 27.6. The molecule has 2 aromatic carbocycles. The molecule has 10 nitrogen and oxygen atoms in total. The Morgan fingerprint density at radius 1 is 0.923 bits per heavy atom. The molecule has 1 aliphatic carbocycles. The Bertz CT molecular complexity index is 1290. The molecule has 0 saturated heterocycles. The van der Waals surface area contributed by atoms with Crippen molar-refractivity contribution in [3.05, 3.63) is 71.7 Å². The normalized spacial score (nSPS) is 13.8. The molecule has 1 aromatic heterocycles. The number of carbonyl (C=O) groups excluding carboxylic acids is 3. The maximum atomic E-state index is 14.1. The largest absolute Gasteiger partial charge is 0.493 e. The van der Waals surface area contributed by atoms with Gasteiger partial charge in [-0.15, -0.1) is 0 Å². The number of nitrogens with one attached hydrogen (secondary N) is 1. The molecular weight excluding hydrogens is 504 g/mol. The molecule has 0 spiro atoms. The average molecular weight is 537 g/mol. The summed E-state index contributed by atoms with van der Waals surface area (Å²) < 4.78 is 26.9. The molecular formula is C29H32N2O8. The number of rotatable bonds is 10. The summed E-state index contributed by atoms with van der Waals surface area (Å²) in [6, 6.07) is 11.5. The zero-order valence-electron chi connectivity index (χ0n) is 22.4. The van der Waals surface area contributed by atoms with Crippen LogP contribution in [0.5, 0.6) is 17.2 Å². The van der Waals surface area contributed by atoms with Crippen LogP contribution in [0.3, 0.4) is 0 Å². The van der Waals surface area contributed by atoms with Crippen LogP contribution in [-0.4, -0.2) is 52.3 Å². The summed E-state index contributed by atoms with van der Waals surface area (Å²) in [6.07, 6.45) is 5.09. The molecule has 1 heterocycles. The van der Waals surface area contributed by atoms with Crippen LogP contribution in [0, 0.1) is 0 Å². The summed E-state index contributed by atoms with van der Waals surface area (Å²) >= 11 is 0. The van der Waals surface area contributed by atoms with Crippen LogP contribution in [0.2, 0.25) is 0 Å². The lowest BCUT2D eigenvalue weighted by molar-refractivity contribution is -0.123. The number of nitrogens with zero attached hydrogens (tertiary/aromatic N) is 1. The molecule has 206 valence electrons. The maximum Gasteiger partial charge on any atom is 0.337 e. The molecule has 1 saturated carbocycles. The molecule has 0 radical (unpaired) electrons. The molecule has 0 bridgehead atoms. The standard InChI is InChI=1S/C29H32N2O8/c1-35-23-16-19(17-24(36-2)26(23)37-3)25(27(32)30-20-10-5-6-11-20)31(28(33)22-13-8-14-39-22)21-12-7-9-18(15-21)29(34)38-4/h7-9,12-17,20,25H,5-6,10-11H2,1-4H3,(H,30,32)/t25-/m0/s1.